The van der Waals surface area contributed by atoms with Gasteiger partial charge in [-0.05, 0) is 60.7 Å². The molecule has 0 radical (unpaired) electrons. The number of benzene rings is 4. The number of hydrogen-bond acceptors (Lipinski definition) is 8. The molecular weight excluding hydrogens is 632 g/mol. The molecule has 252 valence electrons. The second-order valence-electron chi connectivity index (χ2n) is 11.9. The number of carbonyl (C=O) groups is 2. The van der Waals surface area contributed by atoms with E-state index in [-0.39, 0.29) is 11.8 Å². The predicted molar refractivity (Wildman–Crippen MR) is 192 cm³/mol. The number of fused-ring (bicyclic) bond motifs is 2. The first-order chi connectivity index (χ1) is 24.4. The van der Waals surface area contributed by atoms with Gasteiger partial charge in [0.05, 0.1) is 62.0 Å². The van der Waals surface area contributed by atoms with Crippen LogP contribution in [0.25, 0.3) is 44.3 Å². The topological polar surface area (TPSA) is 103 Å². The van der Waals surface area contributed by atoms with E-state index >= 15 is 0 Å². The van der Waals surface area contributed by atoms with Crippen LogP contribution in [-0.2, 0) is 0 Å². The standard InChI is InChI=1S/C40H36N4O6/c1-47-35-15-13-25(21-37(35)49-3)33-23-29(27-9-5-7-11-31(27)41-33)39(45)43-17-19-44(20-18-43)40(46)30-24-34(42-32-12-8-6-10-28(30)32)26-14-16-36(48-2)38(22-26)50-4/h5-16,21-24H,17-20H2,1-4H3. The van der Waals surface area contributed by atoms with E-state index in [4.69, 9.17) is 28.9 Å². The van der Waals surface area contributed by atoms with Gasteiger partial charge in [-0.25, -0.2) is 9.97 Å². The molecule has 7 rings (SSSR count). The fourth-order valence-corrected chi connectivity index (χ4v) is 6.44. The minimum absolute atomic E-state index is 0.109. The van der Waals surface area contributed by atoms with Crippen molar-refractivity contribution in [1.82, 2.24) is 19.8 Å². The molecule has 0 unspecified atom stereocenters. The summed E-state index contributed by atoms with van der Waals surface area (Å²) in [4.78, 5) is 41.7. The number of nitrogens with zero attached hydrogens (tertiary/aromatic N) is 4. The lowest BCUT2D eigenvalue weighted by Crippen LogP contribution is -2.50. The summed E-state index contributed by atoms with van der Waals surface area (Å²) < 4.78 is 21.9. The number of aromatic nitrogens is 2. The van der Waals surface area contributed by atoms with Crippen molar-refractivity contribution in [2.75, 3.05) is 54.6 Å². The fourth-order valence-electron chi connectivity index (χ4n) is 6.44. The third kappa shape index (κ3) is 6.00. The normalized spacial score (nSPS) is 13.0. The number of rotatable bonds is 8. The van der Waals surface area contributed by atoms with Crippen LogP contribution in [0.3, 0.4) is 0 Å². The maximum atomic E-state index is 14.2. The lowest BCUT2D eigenvalue weighted by Gasteiger charge is -2.35. The third-order valence-corrected chi connectivity index (χ3v) is 9.11. The van der Waals surface area contributed by atoms with Gasteiger partial charge in [0.25, 0.3) is 11.8 Å². The first-order valence-electron chi connectivity index (χ1n) is 16.2. The van der Waals surface area contributed by atoms with Crippen molar-refractivity contribution >= 4 is 33.6 Å². The Hall–Kier alpha value is -6.16. The number of amides is 2. The Balaban J connectivity index is 1.15. The molecule has 1 aliphatic heterocycles. The van der Waals surface area contributed by atoms with Crippen LogP contribution in [0, 0.1) is 0 Å². The first-order valence-corrected chi connectivity index (χ1v) is 16.2. The molecule has 3 heterocycles. The lowest BCUT2D eigenvalue weighted by molar-refractivity contribution is 0.0537. The zero-order valence-corrected chi connectivity index (χ0v) is 28.3. The van der Waals surface area contributed by atoms with E-state index < -0.39 is 0 Å². The summed E-state index contributed by atoms with van der Waals surface area (Å²) in [5.41, 5.74) is 5.44. The molecule has 0 spiro atoms. The van der Waals surface area contributed by atoms with E-state index in [2.05, 4.69) is 0 Å². The molecule has 0 bridgehead atoms. The SMILES string of the molecule is COc1ccc(-c2cc(C(=O)N3CCN(C(=O)c4cc(-c5ccc(OC)c(OC)c5)nc5ccccc45)CC3)c3ccccc3n2)cc1OC. The molecule has 0 aliphatic carbocycles. The molecule has 2 aromatic heterocycles. The summed E-state index contributed by atoms with van der Waals surface area (Å²) in [6, 6.07) is 30.1. The second-order valence-corrected chi connectivity index (χ2v) is 11.9. The summed E-state index contributed by atoms with van der Waals surface area (Å²) in [6.45, 7) is 1.55. The molecule has 1 fully saturated rings. The Bertz CT molecular complexity index is 2090. The Morgan fingerprint density at radius 1 is 0.500 bits per heavy atom. The van der Waals surface area contributed by atoms with E-state index in [1.54, 1.807) is 28.4 Å². The van der Waals surface area contributed by atoms with Crippen molar-refractivity contribution in [1.29, 1.82) is 0 Å². The van der Waals surface area contributed by atoms with Crippen LogP contribution in [0.15, 0.2) is 97.1 Å². The molecule has 0 saturated carbocycles. The molecule has 4 aromatic carbocycles. The number of carbonyl (C=O) groups excluding carboxylic acids is 2. The van der Waals surface area contributed by atoms with Crippen LogP contribution >= 0.6 is 0 Å². The minimum atomic E-state index is -0.109. The van der Waals surface area contributed by atoms with Crippen LogP contribution in [0.5, 0.6) is 23.0 Å². The highest BCUT2D eigenvalue weighted by Crippen LogP contribution is 2.35. The number of piperazine rings is 1. The van der Waals surface area contributed by atoms with Gasteiger partial charge in [-0.15, -0.1) is 0 Å². The zero-order chi connectivity index (χ0) is 34.8. The van der Waals surface area contributed by atoms with E-state index in [1.807, 2.05) is 107 Å². The molecule has 2 amide bonds. The quantitative estimate of drug-likeness (QED) is 0.176. The zero-order valence-electron chi connectivity index (χ0n) is 28.3. The summed E-state index contributed by atoms with van der Waals surface area (Å²) in [5.74, 6) is 2.15. The van der Waals surface area contributed by atoms with Crippen LogP contribution in [0.4, 0.5) is 0 Å². The van der Waals surface area contributed by atoms with Gasteiger partial charge in [-0.2, -0.15) is 0 Å². The number of para-hydroxylation sites is 2. The third-order valence-electron chi connectivity index (χ3n) is 9.11. The maximum absolute atomic E-state index is 14.2. The molecule has 10 nitrogen and oxygen atoms in total. The Morgan fingerprint density at radius 2 is 0.880 bits per heavy atom. The molecule has 10 heteroatoms. The summed E-state index contributed by atoms with van der Waals surface area (Å²) in [5, 5.41) is 1.54. The van der Waals surface area contributed by atoms with Crippen molar-refractivity contribution in [2.45, 2.75) is 0 Å². The maximum Gasteiger partial charge on any atom is 0.254 e. The fraction of sp³-hybridized carbons (Fsp3) is 0.200. The molecular formula is C40H36N4O6. The average molecular weight is 669 g/mol. The molecule has 1 saturated heterocycles. The highest BCUT2D eigenvalue weighted by atomic mass is 16.5. The van der Waals surface area contributed by atoms with Crippen LogP contribution in [0.1, 0.15) is 20.7 Å². The monoisotopic (exact) mass is 668 g/mol. The smallest absolute Gasteiger partial charge is 0.254 e. The predicted octanol–water partition coefficient (Wildman–Crippen LogP) is 6.75. The van der Waals surface area contributed by atoms with Crippen molar-refractivity contribution in [3.63, 3.8) is 0 Å². The lowest BCUT2D eigenvalue weighted by atomic mass is 10.0. The number of pyridine rings is 2. The molecule has 1 aliphatic rings. The van der Waals surface area contributed by atoms with Crippen molar-refractivity contribution in [3.05, 3.63) is 108 Å². The molecule has 50 heavy (non-hydrogen) atoms. The summed E-state index contributed by atoms with van der Waals surface area (Å²) >= 11 is 0. The van der Waals surface area contributed by atoms with E-state index in [9.17, 15) is 9.59 Å². The molecule has 6 aromatic rings. The highest BCUT2D eigenvalue weighted by molar-refractivity contribution is 6.09. The largest absolute Gasteiger partial charge is 0.493 e. The van der Waals surface area contributed by atoms with Crippen LogP contribution in [0.2, 0.25) is 0 Å². The van der Waals surface area contributed by atoms with Gasteiger partial charge >= 0.3 is 0 Å². The molecule has 0 atom stereocenters. The van der Waals surface area contributed by atoms with Gasteiger partial charge in [0.15, 0.2) is 23.0 Å². The average Bonchev–Trinajstić information content (AvgIpc) is 3.18. The van der Waals surface area contributed by atoms with Crippen molar-refractivity contribution in [2.24, 2.45) is 0 Å². The van der Waals surface area contributed by atoms with Gasteiger partial charge in [-0.3, -0.25) is 9.59 Å². The molecule has 0 N–H and O–H groups in total. The Kier molecular flexibility index (Phi) is 8.91. The van der Waals surface area contributed by atoms with E-state index in [1.165, 1.54) is 0 Å². The first kappa shape index (κ1) is 32.4. The summed E-state index contributed by atoms with van der Waals surface area (Å²) in [7, 11) is 6.35. The van der Waals surface area contributed by atoms with Crippen molar-refractivity contribution < 1.29 is 28.5 Å². The Labute approximate surface area is 289 Å². The Morgan fingerprint density at radius 3 is 1.26 bits per heavy atom. The number of methoxy groups -OCH3 is 4. The summed E-state index contributed by atoms with van der Waals surface area (Å²) in [6.07, 6.45) is 0. The van der Waals surface area contributed by atoms with Crippen LogP contribution < -0.4 is 18.9 Å². The highest BCUT2D eigenvalue weighted by Gasteiger charge is 2.28. The second kappa shape index (κ2) is 13.8. The van der Waals surface area contributed by atoms with Crippen molar-refractivity contribution in [3.8, 4) is 45.5 Å². The van der Waals surface area contributed by atoms with Gasteiger partial charge < -0.3 is 28.7 Å². The van der Waals surface area contributed by atoms with Crippen LogP contribution in [-0.4, -0.2) is 86.2 Å². The number of ether oxygens (including phenoxy) is 4. The van der Waals surface area contributed by atoms with Gasteiger partial charge in [0.2, 0.25) is 0 Å². The van der Waals surface area contributed by atoms with E-state index in [0.717, 1.165) is 21.9 Å². The van der Waals surface area contributed by atoms with Gasteiger partial charge in [0, 0.05) is 48.1 Å². The minimum Gasteiger partial charge on any atom is -0.493 e. The van der Waals surface area contributed by atoms with Gasteiger partial charge in [-0.1, -0.05) is 36.4 Å². The van der Waals surface area contributed by atoms with E-state index in [0.29, 0.717) is 82.7 Å². The number of hydrogen-bond donors (Lipinski definition) is 0. The van der Waals surface area contributed by atoms with Gasteiger partial charge in [0.1, 0.15) is 0 Å².